The summed E-state index contributed by atoms with van der Waals surface area (Å²) < 4.78 is 42.0. The quantitative estimate of drug-likeness (QED) is 0.466. The molecule has 0 saturated heterocycles. The summed E-state index contributed by atoms with van der Waals surface area (Å²) in [6, 6.07) is 19.1. The highest BCUT2D eigenvalue weighted by molar-refractivity contribution is 7.92. The molecular weight excluding hydrogens is 456 g/mol. The lowest BCUT2D eigenvalue weighted by Gasteiger charge is -2.23. The van der Waals surface area contributed by atoms with Gasteiger partial charge >= 0.3 is 0 Å². The zero-order valence-corrected chi connectivity index (χ0v) is 20.4. The van der Waals surface area contributed by atoms with Crippen LogP contribution in [0.5, 0.6) is 11.5 Å². The monoisotopic (exact) mass is 484 g/mol. The second-order valence-electron chi connectivity index (χ2n) is 7.59. The number of amides is 1. The number of hydrogen-bond donors (Lipinski definition) is 1. The second-order valence-corrected chi connectivity index (χ2v) is 9.50. The van der Waals surface area contributed by atoms with E-state index in [0.29, 0.717) is 35.0 Å². The van der Waals surface area contributed by atoms with Crippen LogP contribution in [-0.4, -0.2) is 41.9 Å². The molecule has 9 heteroatoms. The van der Waals surface area contributed by atoms with Gasteiger partial charge in [-0.3, -0.25) is 9.10 Å². The Morgan fingerprint density at radius 2 is 1.59 bits per heavy atom. The summed E-state index contributed by atoms with van der Waals surface area (Å²) in [6.45, 7) is 0.546. The lowest BCUT2D eigenvalue weighted by atomic mass is 10.1. The second kappa shape index (κ2) is 11.0. The molecule has 0 unspecified atom stereocenters. The van der Waals surface area contributed by atoms with Gasteiger partial charge in [0.05, 0.1) is 39.3 Å². The zero-order chi connectivity index (χ0) is 24.7. The van der Waals surface area contributed by atoms with Crippen molar-refractivity contribution in [3.63, 3.8) is 0 Å². The van der Waals surface area contributed by atoms with E-state index in [2.05, 4.69) is 5.32 Å². The molecule has 0 aliphatic carbocycles. The Labute approximate surface area is 200 Å². The molecule has 0 atom stereocenters. The summed E-state index contributed by atoms with van der Waals surface area (Å²) >= 11 is 0. The summed E-state index contributed by atoms with van der Waals surface area (Å²) in [5.74, 6) is 0.666. The molecule has 3 aromatic carbocycles. The van der Waals surface area contributed by atoms with Gasteiger partial charge in [0.1, 0.15) is 0 Å². The van der Waals surface area contributed by atoms with E-state index in [1.807, 2.05) is 18.2 Å². The molecule has 0 spiro atoms. The van der Waals surface area contributed by atoms with E-state index in [0.717, 1.165) is 17.4 Å². The maximum Gasteiger partial charge on any atom is 0.255 e. The minimum Gasteiger partial charge on any atom is -0.493 e. The topological polar surface area (TPSA) is 94.2 Å². The summed E-state index contributed by atoms with van der Waals surface area (Å²) in [5, 5.41) is 2.86. The fraction of sp³-hybridized carbons (Fsp3) is 0.240. The predicted octanol–water partition coefficient (Wildman–Crippen LogP) is 4.07. The van der Waals surface area contributed by atoms with Crippen LogP contribution in [0, 0.1) is 0 Å². The molecule has 3 rings (SSSR count). The normalized spacial score (nSPS) is 11.1. The minimum atomic E-state index is -3.59. The zero-order valence-electron chi connectivity index (χ0n) is 19.6. The van der Waals surface area contributed by atoms with Gasteiger partial charge in [-0.2, -0.15) is 0 Å². The largest absolute Gasteiger partial charge is 0.493 e. The average molecular weight is 485 g/mol. The summed E-state index contributed by atoms with van der Waals surface area (Å²) in [4.78, 5) is 12.7. The fourth-order valence-corrected chi connectivity index (χ4v) is 4.30. The first-order valence-electron chi connectivity index (χ1n) is 10.4. The number of carbonyl (C=O) groups is 1. The number of sulfonamides is 1. The number of ether oxygens (including phenoxy) is 3. The molecule has 0 aliphatic heterocycles. The van der Waals surface area contributed by atoms with Crippen LogP contribution in [0.25, 0.3) is 0 Å². The highest BCUT2D eigenvalue weighted by atomic mass is 32.2. The van der Waals surface area contributed by atoms with Crippen molar-refractivity contribution >= 4 is 27.3 Å². The standard InChI is InChI=1S/C25H28N2O6S/c1-31-17-19-6-5-7-21(14-19)26-25(28)20-10-8-18(9-11-20)16-27(34(4,29)30)22-12-13-23(32-2)24(15-22)33-3/h5-15H,16-17H2,1-4H3,(H,26,28). The van der Waals surface area contributed by atoms with E-state index in [-0.39, 0.29) is 12.5 Å². The van der Waals surface area contributed by atoms with Gasteiger partial charge in [0.2, 0.25) is 10.0 Å². The van der Waals surface area contributed by atoms with Crippen molar-refractivity contribution in [3.05, 3.63) is 83.4 Å². The number of nitrogens with zero attached hydrogens (tertiary/aromatic N) is 1. The van der Waals surface area contributed by atoms with Gasteiger partial charge in [0, 0.05) is 24.4 Å². The third kappa shape index (κ3) is 6.27. The van der Waals surface area contributed by atoms with Gasteiger partial charge in [-0.05, 0) is 47.5 Å². The molecule has 8 nitrogen and oxygen atoms in total. The van der Waals surface area contributed by atoms with Crippen LogP contribution < -0.4 is 19.1 Å². The highest BCUT2D eigenvalue weighted by Gasteiger charge is 2.20. The number of methoxy groups -OCH3 is 3. The van der Waals surface area contributed by atoms with Crippen LogP contribution in [0.1, 0.15) is 21.5 Å². The molecule has 0 bridgehead atoms. The van der Waals surface area contributed by atoms with Gasteiger partial charge in [-0.15, -0.1) is 0 Å². The van der Waals surface area contributed by atoms with E-state index in [4.69, 9.17) is 14.2 Å². The van der Waals surface area contributed by atoms with Crippen molar-refractivity contribution in [2.45, 2.75) is 13.2 Å². The molecule has 0 fully saturated rings. The van der Waals surface area contributed by atoms with Gasteiger partial charge in [-0.1, -0.05) is 24.3 Å². The number of benzene rings is 3. The van der Waals surface area contributed by atoms with Gasteiger partial charge < -0.3 is 19.5 Å². The van der Waals surface area contributed by atoms with Crippen molar-refractivity contribution in [2.75, 3.05) is 37.2 Å². The van der Waals surface area contributed by atoms with E-state index in [1.165, 1.54) is 18.5 Å². The summed E-state index contributed by atoms with van der Waals surface area (Å²) in [7, 11) is 1.03. The van der Waals surface area contributed by atoms with Gasteiger partial charge in [0.15, 0.2) is 11.5 Å². The number of rotatable bonds is 10. The Balaban J connectivity index is 1.77. The molecule has 0 radical (unpaired) electrons. The van der Waals surface area contributed by atoms with Crippen LogP contribution in [0.2, 0.25) is 0 Å². The van der Waals surface area contributed by atoms with E-state index >= 15 is 0 Å². The summed E-state index contributed by atoms with van der Waals surface area (Å²) in [6.07, 6.45) is 1.14. The van der Waals surface area contributed by atoms with Gasteiger partial charge in [0.25, 0.3) is 5.91 Å². The minimum absolute atomic E-state index is 0.0925. The number of anilines is 2. The first-order chi connectivity index (χ1) is 16.2. The first-order valence-corrected chi connectivity index (χ1v) is 12.3. The molecule has 0 aromatic heterocycles. The maximum atomic E-state index is 12.7. The molecule has 1 amide bonds. The molecule has 180 valence electrons. The van der Waals surface area contributed by atoms with Gasteiger partial charge in [-0.25, -0.2) is 8.42 Å². The van der Waals surface area contributed by atoms with E-state index in [9.17, 15) is 13.2 Å². The Kier molecular flexibility index (Phi) is 8.14. The first kappa shape index (κ1) is 25.1. The van der Waals surface area contributed by atoms with Crippen molar-refractivity contribution < 1.29 is 27.4 Å². The fourth-order valence-electron chi connectivity index (χ4n) is 3.42. The summed E-state index contributed by atoms with van der Waals surface area (Å²) in [5.41, 5.74) is 3.24. The average Bonchev–Trinajstić information content (AvgIpc) is 2.82. The predicted molar refractivity (Wildman–Crippen MR) is 132 cm³/mol. The van der Waals surface area contributed by atoms with Crippen LogP contribution in [-0.2, 0) is 27.9 Å². The molecule has 0 aliphatic rings. The lowest BCUT2D eigenvalue weighted by Crippen LogP contribution is -2.29. The molecule has 3 aromatic rings. The van der Waals surface area contributed by atoms with Crippen LogP contribution in [0.4, 0.5) is 11.4 Å². The molecule has 0 heterocycles. The van der Waals surface area contributed by atoms with E-state index in [1.54, 1.807) is 55.6 Å². The lowest BCUT2D eigenvalue weighted by molar-refractivity contribution is 0.102. The number of nitrogens with one attached hydrogen (secondary N) is 1. The SMILES string of the molecule is COCc1cccc(NC(=O)c2ccc(CN(c3ccc(OC)c(OC)c3)S(C)(=O)=O)cc2)c1. The Morgan fingerprint density at radius 3 is 2.21 bits per heavy atom. The Morgan fingerprint density at radius 1 is 0.882 bits per heavy atom. The molecule has 1 N–H and O–H groups in total. The molecule has 0 saturated carbocycles. The smallest absolute Gasteiger partial charge is 0.255 e. The third-order valence-electron chi connectivity index (χ3n) is 5.09. The van der Waals surface area contributed by atoms with Crippen LogP contribution >= 0.6 is 0 Å². The number of carbonyl (C=O) groups excluding carboxylic acids is 1. The molecular formula is C25H28N2O6S. The molecule has 34 heavy (non-hydrogen) atoms. The highest BCUT2D eigenvalue weighted by Crippen LogP contribution is 2.33. The van der Waals surface area contributed by atoms with Crippen LogP contribution in [0.15, 0.2) is 66.7 Å². The van der Waals surface area contributed by atoms with Crippen molar-refractivity contribution in [3.8, 4) is 11.5 Å². The van der Waals surface area contributed by atoms with E-state index < -0.39 is 10.0 Å². The number of hydrogen-bond acceptors (Lipinski definition) is 6. The van der Waals surface area contributed by atoms with Crippen LogP contribution in [0.3, 0.4) is 0 Å². The third-order valence-corrected chi connectivity index (χ3v) is 6.23. The van der Waals surface area contributed by atoms with Crippen molar-refractivity contribution in [1.82, 2.24) is 0 Å². The maximum absolute atomic E-state index is 12.7. The van der Waals surface area contributed by atoms with Crippen molar-refractivity contribution in [2.24, 2.45) is 0 Å². The Hall–Kier alpha value is -3.56. The van der Waals surface area contributed by atoms with Crippen molar-refractivity contribution in [1.29, 1.82) is 0 Å². The Bertz CT molecular complexity index is 1240.